The second-order valence-electron chi connectivity index (χ2n) is 3.73. The van der Waals surface area contributed by atoms with Crippen molar-refractivity contribution in [2.45, 2.75) is 0 Å². The van der Waals surface area contributed by atoms with Crippen molar-refractivity contribution < 1.29 is 4.74 Å². The van der Waals surface area contributed by atoms with E-state index in [1.807, 2.05) is 6.07 Å². The first-order valence-electron chi connectivity index (χ1n) is 5.24. The molecule has 0 aliphatic rings. The lowest BCUT2D eigenvalue weighted by Gasteiger charge is -2.09. The van der Waals surface area contributed by atoms with Crippen molar-refractivity contribution in [3.05, 3.63) is 56.5 Å². The second-order valence-corrected chi connectivity index (χ2v) is 5.46. The molecule has 0 radical (unpaired) electrons. The lowest BCUT2D eigenvalue weighted by atomic mass is 10.2. The average molecular weight is 360 g/mol. The van der Waals surface area contributed by atoms with E-state index in [9.17, 15) is 0 Å². The summed E-state index contributed by atoms with van der Waals surface area (Å²) in [5.74, 6) is 0.967. The number of nitrogen functional groups attached to an aromatic ring is 1. The summed E-state index contributed by atoms with van der Waals surface area (Å²) in [6, 6.07) is 10.2. The van der Waals surface area contributed by atoms with Crippen LogP contribution in [0.25, 0.3) is 0 Å². The molecule has 0 amide bonds. The Bertz CT molecular complexity index is 647. The van der Waals surface area contributed by atoms with E-state index in [-0.39, 0.29) is 5.84 Å². The van der Waals surface area contributed by atoms with Gasteiger partial charge in [-0.25, -0.2) is 0 Å². The maximum Gasteiger partial charge on any atom is 0.146 e. The molecular formula is C13H9BrCl2N2O. The Labute approximate surface area is 128 Å². The third-order valence-electron chi connectivity index (χ3n) is 2.35. The van der Waals surface area contributed by atoms with Crippen molar-refractivity contribution in [1.82, 2.24) is 0 Å². The summed E-state index contributed by atoms with van der Waals surface area (Å²) in [5, 5.41) is 8.20. The molecule has 0 unspecified atom stereocenters. The molecule has 0 aliphatic carbocycles. The van der Waals surface area contributed by atoms with Gasteiger partial charge >= 0.3 is 0 Å². The van der Waals surface area contributed by atoms with Crippen molar-refractivity contribution in [2.75, 3.05) is 0 Å². The van der Waals surface area contributed by atoms with Crippen LogP contribution in [0.1, 0.15) is 5.56 Å². The van der Waals surface area contributed by atoms with Gasteiger partial charge in [0, 0.05) is 16.1 Å². The molecule has 2 rings (SSSR count). The molecule has 0 atom stereocenters. The molecule has 0 fully saturated rings. The quantitative estimate of drug-likeness (QED) is 0.608. The fraction of sp³-hybridized carbons (Fsp3) is 0. The highest BCUT2D eigenvalue weighted by atomic mass is 79.9. The molecule has 0 saturated heterocycles. The minimum absolute atomic E-state index is 0.0850. The van der Waals surface area contributed by atoms with E-state index in [2.05, 4.69) is 15.9 Å². The topological polar surface area (TPSA) is 59.1 Å². The summed E-state index contributed by atoms with van der Waals surface area (Å²) < 4.78 is 6.50. The van der Waals surface area contributed by atoms with Crippen LogP contribution in [0.2, 0.25) is 10.0 Å². The minimum Gasteiger partial charge on any atom is -0.456 e. The Morgan fingerprint density at radius 3 is 2.42 bits per heavy atom. The van der Waals surface area contributed by atoms with Gasteiger partial charge in [-0.15, -0.1) is 0 Å². The average Bonchev–Trinajstić information content (AvgIpc) is 2.32. The molecule has 0 bridgehead atoms. The zero-order chi connectivity index (χ0) is 14.0. The summed E-state index contributed by atoms with van der Waals surface area (Å²) in [5.41, 5.74) is 5.86. The van der Waals surface area contributed by atoms with E-state index >= 15 is 0 Å². The zero-order valence-corrected chi connectivity index (χ0v) is 12.7. The number of hydrogen-bond acceptors (Lipinski definition) is 2. The van der Waals surface area contributed by atoms with E-state index in [1.165, 1.54) is 0 Å². The Balaban J connectivity index is 2.29. The maximum atomic E-state index is 7.35. The maximum absolute atomic E-state index is 7.35. The number of nitrogens with two attached hydrogens (primary N) is 1. The fourth-order valence-electron chi connectivity index (χ4n) is 1.46. The highest BCUT2D eigenvalue weighted by molar-refractivity contribution is 9.10. The number of hydrogen-bond donors (Lipinski definition) is 2. The fourth-order valence-corrected chi connectivity index (χ4v) is 2.45. The van der Waals surface area contributed by atoms with Crippen molar-refractivity contribution in [3.63, 3.8) is 0 Å². The number of ether oxygens (including phenoxy) is 1. The van der Waals surface area contributed by atoms with E-state index in [0.29, 0.717) is 27.1 Å². The van der Waals surface area contributed by atoms with Gasteiger partial charge in [0.15, 0.2) is 0 Å². The standard InChI is InChI=1S/C13H9BrCl2N2O/c14-7-1-4-12(11(16)5-7)19-8-2-3-9(13(17)18)10(15)6-8/h1-6H,(H3,17,18). The number of nitrogens with one attached hydrogen (secondary N) is 1. The monoisotopic (exact) mass is 358 g/mol. The SMILES string of the molecule is N=C(N)c1ccc(Oc2ccc(Br)cc2Cl)cc1Cl. The summed E-state index contributed by atoms with van der Waals surface area (Å²) in [6.07, 6.45) is 0. The molecule has 3 N–H and O–H groups in total. The van der Waals surface area contributed by atoms with Crippen LogP contribution in [-0.4, -0.2) is 5.84 Å². The van der Waals surface area contributed by atoms with Crippen molar-refractivity contribution in [1.29, 1.82) is 5.41 Å². The first-order chi connectivity index (χ1) is 8.97. The van der Waals surface area contributed by atoms with Gasteiger partial charge in [-0.3, -0.25) is 5.41 Å². The molecule has 0 heterocycles. The summed E-state index contributed by atoms with van der Waals surface area (Å²) in [7, 11) is 0. The van der Waals surface area contributed by atoms with Crippen LogP contribution in [0.15, 0.2) is 40.9 Å². The first-order valence-corrected chi connectivity index (χ1v) is 6.79. The third kappa shape index (κ3) is 3.41. The van der Waals surface area contributed by atoms with Crippen LogP contribution >= 0.6 is 39.1 Å². The smallest absolute Gasteiger partial charge is 0.146 e. The molecule has 0 saturated carbocycles. The largest absolute Gasteiger partial charge is 0.456 e. The molecular weight excluding hydrogens is 351 g/mol. The Hall–Kier alpha value is -1.23. The van der Waals surface area contributed by atoms with Crippen molar-refractivity contribution in [3.8, 4) is 11.5 Å². The summed E-state index contributed by atoms with van der Waals surface area (Å²) >= 11 is 15.4. The van der Waals surface area contributed by atoms with Crippen LogP contribution in [0.3, 0.4) is 0 Å². The Morgan fingerprint density at radius 2 is 1.84 bits per heavy atom. The lowest BCUT2D eigenvalue weighted by Crippen LogP contribution is -2.11. The molecule has 0 spiro atoms. The van der Waals surface area contributed by atoms with Crippen LogP contribution in [0.4, 0.5) is 0 Å². The van der Waals surface area contributed by atoms with Crippen molar-refractivity contribution in [2.24, 2.45) is 5.73 Å². The molecule has 0 aliphatic heterocycles. The number of amidine groups is 1. The highest BCUT2D eigenvalue weighted by Gasteiger charge is 2.08. The van der Waals surface area contributed by atoms with Crippen LogP contribution in [0, 0.1) is 5.41 Å². The predicted molar refractivity (Wildman–Crippen MR) is 81.7 cm³/mol. The molecule has 2 aromatic carbocycles. The van der Waals surface area contributed by atoms with Gasteiger partial charge in [-0.2, -0.15) is 0 Å². The lowest BCUT2D eigenvalue weighted by molar-refractivity contribution is 0.483. The number of benzene rings is 2. The predicted octanol–water partition coefficient (Wildman–Crippen LogP) is 4.83. The number of halogens is 3. The normalized spacial score (nSPS) is 10.3. The molecule has 19 heavy (non-hydrogen) atoms. The van der Waals surface area contributed by atoms with Gasteiger partial charge in [0.25, 0.3) is 0 Å². The third-order valence-corrected chi connectivity index (χ3v) is 3.45. The van der Waals surface area contributed by atoms with Gasteiger partial charge in [-0.05, 0) is 30.3 Å². The van der Waals surface area contributed by atoms with Crippen LogP contribution < -0.4 is 10.5 Å². The van der Waals surface area contributed by atoms with E-state index in [0.717, 1.165) is 4.47 Å². The van der Waals surface area contributed by atoms with E-state index < -0.39 is 0 Å². The van der Waals surface area contributed by atoms with Gasteiger partial charge < -0.3 is 10.5 Å². The molecule has 3 nitrogen and oxygen atoms in total. The Morgan fingerprint density at radius 1 is 1.11 bits per heavy atom. The van der Waals surface area contributed by atoms with Gasteiger partial charge in [-0.1, -0.05) is 39.1 Å². The van der Waals surface area contributed by atoms with Gasteiger partial charge in [0.1, 0.15) is 17.3 Å². The molecule has 2 aromatic rings. The Kier molecular flexibility index (Phi) is 4.34. The minimum atomic E-state index is -0.0850. The highest BCUT2D eigenvalue weighted by Crippen LogP contribution is 2.33. The van der Waals surface area contributed by atoms with E-state index in [1.54, 1.807) is 30.3 Å². The van der Waals surface area contributed by atoms with Crippen LogP contribution in [-0.2, 0) is 0 Å². The van der Waals surface area contributed by atoms with Gasteiger partial charge in [0.05, 0.1) is 10.0 Å². The van der Waals surface area contributed by atoms with E-state index in [4.69, 9.17) is 39.1 Å². The second kappa shape index (κ2) is 5.82. The first kappa shape index (κ1) is 14.2. The summed E-state index contributed by atoms with van der Waals surface area (Å²) in [6.45, 7) is 0. The molecule has 0 aromatic heterocycles. The number of rotatable bonds is 3. The molecule has 6 heteroatoms. The molecule has 98 valence electrons. The zero-order valence-electron chi connectivity index (χ0n) is 9.58. The van der Waals surface area contributed by atoms with Gasteiger partial charge in [0.2, 0.25) is 0 Å². The summed E-state index contributed by atoms with van der Waals surface area (Å²) in [4.78, 5) is 0. The van der Waals surface area contributed by atoms with Crippen molar-refractivity contribution >= 4 is 45.0 Å². The van der Waals surface area contributed by atoms with Crippen LogP contribution in [0.5, 0.6) is 11.5 Å².